The molecule has 5 heteroatoms. The molecule has 0 aliphatic carbocycles. The van der Waals surface area contributed by atoms with Gasteiger partial charge in [-0.15, -0.1) is 0 Å². The van der Waals surface area contributed by atoms with Crippen LogP contribution in [0.15, 0.2) is 60.7 Å². The molecule has 0 spiro atoms. The Kier molecular flexibility index (Phi) is 7.13. The first-order chi connectivity index (χ1) is 12.7. The second kappa shape index (κ2) is 9.33. The van der Waals surface area contributed by atoms with Crippen LogP contribution < -0.4 is 10.6 Å². The lowest BCUT2D eigenvalue weighted by atomic mass is 10.00. The summed E-state index contributed by atoms with van der Waals surface area (Å²) in [6.45, 7) is 5.95. The third-order valence-electron chi connectivity index (χ3n) is 4.10. The molecule has 3 N–H and O–H groups in total. The number of carboxylic acids is 1. The van der Waals surface area contributed by atoms with Gasteiger partial charge >= 0.3 is 5.97 Å². The first kappa shape index (κ1) is 20.6. The molecule has 2 atom stereocenters. The van der Waals surface area contributed by atoms with Crippen molar-refractivity contribution in [1.82, 2.24) is 10.6 Å². The van der Waals surface area contributed by atoms with Crippen LogP contribution in [0.4, 0.5) is 0 Å². The van der Waals surface area contributed by atoms with E-state index in [9.17, 15) is 14.7 Å². The van der Waals surface area contributed by atoms with Crippen LogP contribution in [0, 0.1) is 0 Å². The van der Waals surface area contributed by atoms with Gasteiger partial charge in [-0.05, 0) is 38.3 Å². The van der Waals surface area contributed by atoms with Crippen LogP contribution in [-0.2, 0) is 22.4 Å². The van der Waals surface area contributed by atoms with Gasteiger partial charge in [0, 0.05) is 12.0 Å². The molecule has 0 bridgehead atoms. The molecule has 27 heavy (non-hydrogen) atoms. The van der Waals surface area contributed by atoms with Crippen molar-refractivity contribution in [3.05, 3.63) is 71.8 Å². The normalized spacial score (nSPS) is 13.6. The molecule has 1 amide bonds. The van der Waals surface area contributed by atoms with Crippen molar-refractivity contribution in [2.45, 2.75) is 51.2 Å². The minimum Gasteiger partial charge on any atom is -0.480 e. The Morgan fingerprint density at radius 3 is 1.70 bits per heavy atom. The van der Waals surface area contributed by atoms with Crippen molar-refractivity contribution < 1.29 is 14.7 Å². The lowest BCUT2D eigenvalue weighted by Gasteiger charge is -2.29. The summed E-state index contributed by atoms with van der Waals surface area (Å²) < 4.78 is 0. The third-order valence-corrected chi connectivity index (χ3v) is 4.10. The largest absolute Gasteiger partial charge is 0.480 e. The van der Waals surface area contributed by atoms with E-state index in [2.05, 4.69) is 10.6 Å². The number of carboxylic acid groups (broad SMARTS) is 1. The predicted octanol–water partition coefficient (Wildman–Crippen LogP) is 2.80. The summed E-state index contributed by atoms with van der Waals surface area (Å²) in [6.07, 6.45) is 0.733. The van der Waals surface area contributed by atoms with E-state index in [0.717, 1.165) is 11.1 Å². The lowest BCUT2D eigenvalue weighted by molar-refractivity contribution is -0.142. The molecule has 2 aromatic rings. The number of hydrogen-bond donors (Lipinski definition) is 3. The average molecular weight is 368 g/mol. The number of aliphatic carboxylic acids is 1. The molecular weight excluding hydrogens is 340 g/mol. The highest BCUT2D eigenvalue weighted by molar-refractivity contribution is 5.87. The molecular formula is C22H28N2O3. The average Bonchev–Trinajstić information content (AvgIpc) is 2.61. The molecule has 0 saturated heterocycles. The SMILES string of the molecule is CC(C)(C)N[C@H](Cc1ccccc1)C(=O)N[C@H](Cc1ccccc1)C(=O)O. The van der Waals surface area contributed by atoms with Gasteiger partial charge in [0.2, 0.25) is 5.91 Å². The third kappa shape index (κ3) is 7.23. The lowest BCUT2D eigenvalue weighted by Crippen LogP contribution is -2.55. The number of nitrogens with one attached hydrogen (secondary N) is 2. The van der Waals surface area contributed by atoms with E-state index >= 15 is 0 Å². The first-order valence-corrected chi connectivity index (χ1v) is 9.13. The van der Waals surface area contributed by atoms with E-state index in [1.807, 2.05) is 81.4 Å². The van der Waals surface area contributed by atoms with Gasteiger partial charge in [-0.25, -0.2) is 4.79 Å². The van der Waals surface area contributed by atoms with E-state index in [0.29, 0.717) is 6.42 Å². The van der Waals surface area contributed by atoms with E-state index in [4.69, 9.17) is 0 Å². The summed E-state index contributed by atoms with van der Waals surface area (Å²) in [6, 6.07) is 17.5. The first-order valence-electron chi connectivity index (χ1n) is 9.13. The van der Waals surface area contributed by atoms with Gasteiger partial charge in [-0.3, -0.25) is 4.79 Å². The maximum Gasteiger partial charge on any atom is 0.326 e. The minimum atomic E-state index is -1.04. The molecule has 0 unspecified atom stereocenters. The number of benzene rings is 2. The molecule has 0 heterocycles. The summed E-state index contributed by atoms with van der Waals surface area (Å²) in [5, 5.41) is 15.6. The van der Waals surface area contributed by atoms with E-state index in [1.165, 1.54) is 0 Å². The molecule has 0 aromatic heterocycles. The smallest absolute Gasteiger partial charge is 0.326 e. The molecule has 2 aromatic carbocycles. The van der Waals surface area contributed by atoms with Gasteiger partial charge < -0.3 is 15.7 Å². The maximum absolute atomic E-state index is 12.9. The molecule has 0 aliphatic rings. The van der Waals surface area contributed by atoms with Crippen LogP contribution in [0.25, 0.3) is 0 Å². The van der Waals surface area contributed by atoms with Gasteiger partial charge in [-0.2, -0.15) is 0 Å². The molecule has 2 rings (SSSR count). The molecule has 5 nitrogen and oxygen atoms in total. The van der Waals surface area contributed by atoms with Gasteiger partial charge in [0.25, 0.3) is 0 Å². The van der Waals surface area contributed by atoms with Crippen molar-refractivity contribution in [2.24, 2.45) is 0 Å². The number of hydrogen-bond acceptors (Lipinski definition) is 3. The Hall–Kier alpha value is -2.66. The topological polar surface area (TPSA) is 78.4 Å². The zero-order valence-electron chi connectivity index (χ0n) is 16.1. The van der Waals surface area contributed by atoms with Gasteiger partial charge in [0.05, 0.1) is 6.04 Å². The monoisotopic (exact) mass is 368 g/mol. The molecule has 0 saturated carbocycles. The number of carbonyl (C=O) groups excluding carboxylic acids is 1. The van der Waals surface area contributed by atoms with Crippen LogP contribution in [-0.4, -0.2) is 34.6 Å². The predicted molar refractivity (Wildman–Crippen MR) is 107 cm³/mol. The Morgan fingerprint density at radius 2 is 1.30 bits per heavy atom. The van der Waals surface area contributed by atoms with Crippen molar-refractivity contribution in [1.29, 1.82) is 0 Å². The number of amides is 1. The summed E-state index contributed by atoms with van der Waals surface area (Å²) in [5.74, 6) is -1.35. The molecule has 0 radical (unpaired) electrons. The van der Waals surface area contributed by atoms with Crippen LogP contribution in [0.2, 0.25) is 0 Å². The quantitative estimate of drug-likeness (QED) is 0.669. The minimum absolute atomic E-state index is 0.246. The van der Waals surface area contributed by atoms with Crippen molar-refractivity contribution in [3.63, 3.8) is 0 Å². The number of carbonyl (C=O) groups is 2. The van der Waals surface area contributed by atoms with Crippen molar-refractivity contribution >= 4 is 11.9 Å². The fourth-order valence-corrected chi connectivity index (χ4v) is 2.90. The van der Waals surface area contributed by atoms with Crippen LogP contribution in [0.5, 0.6) is 0 Å². The van der Waals surface area contributed by atoms with E-state index in [-0.39, 0.29) is 17.9 Å². The summed E-state index contributed by atoms with van der Waals surface area (Å²) >= 11 is 0. The summed E-state index contributed by atoms with van der Waals surface area (Å²) in [5.41, 5.74) is 1.60. The zero-order valence-corrected chi connectivity index (χ0v) is 16.1. The van der Waals surface area contributed by atoms with Gasteiger partial charge in [0.1, 0.15) is 6.04 Å². The van der Waals surface area contributed by atoms with E-state index < -0.39 is 18.1 Å². The fraction of sp³-hybridized carbons (Fsp3) is 0.364. The van der Waals surface area contributed by atoms with Crippen molar-refractivity contribution in [2.75, 3.05) is 0 Å². The Labute approximate surface area is 160 Å². The van der Waals surface area contributed by atoms with Gasteiger partial charge in [-0.1, -0.05) is 60.7 Å². The van der Waals surface area contributed by atoms with Crippen LogP contribution in [0.1, 0.15) is 31.9 Å². The summed E-state index contributed by atoms with van der Waals surface area (Å²) in [4.78, 5) is 24.6. The number of rotatable bonds is 8. The molecule has 0 aliphatic heterocycles. The Morgan fingerprint density at radius 1 is 0.852 bits per heavy atom. The fourth-order valence-electron chi connectivity index (χ4n) is 2.90. The maximum atomic E-state index is 12.9. The van der Waals surface area contributed by atoms with Gasteiger partial charge in [0.15, 0.2) is 0 Å². The zero-order chi connectivity index (χ0) is 19.9. The molecule has 0 fully saturated rings. The van der Waals surface area contributed by atoms with E-state index in [1.54, 1.807) is 0 Å². The molecule has 144 valence electrons. The van der Waals surface area contributed by atoms with Crippen molar-refractivity contribution in [3.8, 4) is 0 Å². The second-order valence-electron chi connectivity index (χ2n) is 7.73. The highest BCUT2D eigenvalue weighted by Crippen LogP contribution is 2.10. The van der Waals surface area contributed by atoms with Crippen LogP contribution in [0.3, 0.4) is 0 Å². The second-order valence-corrected chi connectivity index (χ2v) is 7.73. The summed E-state index contributed by atoms with van der Waals surface area (Å²) in [7, 11) is 0. The van der Waals surface area contributed by atoms with Crippen LogP contribution >= 0.6 is 0 Å². The highest BCUT2D eigenvalue weighted by Gasteiger charge is 2.28. The standard InChI is InChI=1S/C22H28N2O3/c1-22(2,3)24-18(14-16-10-6-4-7-11-16)20(25)23-19(21(26)27)15-17-12-8-5-9-13-17/h4-13,18-19,24H,14-15H2,1-3H3,(H,23,25)(H,26,27)/t18-,19-/m1/s1. The highest BCUT2D eigenvalue weighted by atomic mass is 16.4. The Balaban J connectivity index is 2.12. The Bertz CT molecular complexity index is 739.